The third-order valence-electron chi connectivity index (χ3n) is 6.32. The molecule has 2 saturated heterocycles. The van der Waals surface area contributed by atoms with Gasteiger partial charge in [0.25, 0.3) is 0 Å². The van der Waals surface area contributed by atoms with Crippen molar-refractivity contribution in [3.05, 3.63) is 35.4 Å². The van der Waals surface area contributed by atoms with Gasteiger partial charge in [0.2, 0.25) is 17.4 Å². The second-order valence-corrected chi connectivity index (χ2v) is 7.53. The highest BCUT2D eigenvalue weighted by Crippen LogP contribution is 2.57. The van der Waals surface area contributed by atoms with Gasteiger partial charge in [-0.1, -0.05) is 24.3 Å². The first-order valence-electron chi connectivity index (χ1n) is 9.91. The Hall–Kier alpha value is -2.74. The molecular formula is C21H24N2O6. The molecule has 4 rings (SSSR count). The van der Waals surface area contributed by atoms with E-state index in [9.17, 15) is 19.2 Å². The van der Waals surface area contributed by atoms with Crippen molar-refractivity contribution in [1.29, 1.82) is 0 Å². The number of hydrogen-bond donors (Lipinski definition) is 0. The van der Waals surface area contributed by atoms with E-state index in [2.05, 4.69) is 0 Å². The number of amides is 2. The fraction of sp³-hybridized carbons (Fsp3) is 0.524. The molecule has 3 atom stereocenters. The first-order valence-corrected chi connectivity index (χ1v) is 9.91. The van der Waals surface area contributed by atoms with E-state index in [0.717, 1.165) is 16.0 Å². The lowest BCUT2D eigenvalue weighted by Crippen LogP contribution is -2.64. The Kier molecular flexibility index (Phi) is 4.69. The summed E-state index contributed by atoms with van der Waals surface area (Å²) in [4.78, 5) is 55.6. The van der Waals surface area contributed by atoms with Gasteiger partial charge in [0, 0.05) is 19.6 Å². The minimum absolute atomic E-state index is 0.0461. The van der Waals surface area contributed by atoms with E-state index < -0.39 is 41.3 Å². The summed E-state index contributed by atoms with van der Waals surface area (Å²) in [6, 6.07) is 7.07. The van der Waals surface area contributed by atoms with Crippen molar-refractivity contribution in [3.8, 4) is 0 Å². The Bertz CT molecular complexity index is 879. The molecule has 1 aromatic rings. The molecule has 8 heteroatoms. The number of rotatable bonds is 4. The Morgan fingerprint density at radius 3 is 2.31 bits per heavy atom. The third-order valence-corrected chi connectivity index (χ3v) is 6.32. The van der Waals surface area contributed by atoms with Gasteiger partial charge in [-0.2, -0.15) is 0 Å². The molecular weight excluding hydrogens is 376 g/mol. The van der Waals surface area contributed by atoms with E-state index in [4.69, 9.17) is 9.47 Å². The number of esters is 2. The minimum atomic E-state index is -1.97. The molecule has 1 aromatic carbocycles. The van der Waals surface area contributed by atoms with Gasteiger partial charge in [0.15, 0.2) is 0 Å². The molecule has 0 saturated carbocycles. The van der Waals surface area contributed by atoms with Crippen LogP contribution in [0.1, 0.15) is 31.0 Å². The number of benzene rings is 1. The quantitative estimate of drug-likeness (QED) is 0.417. The van der Waals surface area contributed by atoms with Crippen molar-refractivity contribution >= 4 is 23.8 Å². The van der Waals surface area contributed by atoms with Crippen LogP contribution >= 0.6 is 0 Å². The van der Waals surface area contributed by atoms with Gasteiger partial charge in [-0.25, -0.2) is 9.59 Å². The molecule has 0 aliphatic carbocycles. The highest BCUT2D eigenvalue weighted by atomic mass is 16.6. The van der Waals surface area contributed by atoms with Crippen molar-refractivity contribution in [2.24, 2.45) is 11.8 Å². The average Bonchev–Trinajstić information content (AvgIpc) is 3.15. The van der Waals surface area contributed by atoms with Crippen LogP contribution in [-0.2, 0) is 35.1 Å². The number of hydrogen-bond acceptors (Lipinski definition) is 7. The summed E-state index contributed by atoms with van der Waals surface area (Å²) < 4.78 is 10.6. The lowest BCUT2D eigenvalue weighted by atomic mass is 9.79. The molecule has 0 aromatic heterocycles. The summed E-state index contributed by atoms with van der Waals surface area (Å²) in [6.07, 6.45) is 0.588. The maximum atomic E-state index is 13.3. The first kappa shape index (κ1) is 19.6. The molecule has 29 heavy (non-hydrogen) atoms. The lowest BCUT2D eigenvalue weighted by molar-refractivity contribution is -0.179. The molecule has 1 unspecified atom stereocenters. The average molecular weight is 400 g/mol. The molecule has 0 spiro atoms. The zero-order chi connectivity index (χ0) is 20.9. The summed E-state index contributed by atoms with van der Waals surface area (Å²) in [6.45, 7) is 3.71. The van der Waals surface area contributed by atoms with Crippen LogP contribution in [0.3, 0.4) is 0 Å². The number of nitrogens with zero attached hydrogens (tertiary/aromatic N) is 2. The van der Waals surface area contributed by atoms with E-state index in [1.807, 2.05) is 24.3 Å². The van der Waals surface area contributed by atoms with Gasteiger partial charge >= 0.3 is 11.9 Å². The molecule has 8 nitrogen and oxygen atoms in total. The van der Waals surface area contributed by atoms with Crippen LogP contribution < -0.4 is 0 Å². The number of ether oxygens (including phenoxy) is 2. The van der Waals surface area contributed by atoms with E-state index in [0.29, 0.717) is 13.0 Å². The van der Waals surface area contributed by atoms with Crippen LogP contribution in [0, 0.1) is 11.8 Å². The largest absolute Gasteiger partial charge is 0.464 e. The van der Waals surface area contributed by atoms with Gasteiger partial charge in [-0.15, -0.1) is 0 Å². The lowest BCUT2D eigenvalue weighted by Gasteiger charge is -2.42. The van der Waals surface area contributed by atoms with E-state index in [1.54, 1.807) is 18.7 Å². The minimum Gasteiger partial charge on any atom is -0.464 e. The van der Waals surface area contributed by atoms with Crippen molar-refractivity contribution < 1.29 is 28.7 Å². The third kappa shape index (κ3) is 2.41. The van der Waals surface area contributed by atoms with E-state index in [1.165, 1.54) is 7.05 Å². The predicted octanol–water partition coefficient (Wildman–Crippen LogP) is 0.695. The summed E-state index contributed by atoms with van der Waals surface area (Å²) in [5.74, 6) is -4.61. The van der Waals surface area contributed by atoms with Crippen molar-refractivity contribution in [3.63, 3.8) is 0 Å². The van der Waals surface area contributed by atoms with Gasteiger partial charge in [0.05, 0.1) is 25.0 Å². The van der Waals surface area contributed by atoms with Crippen LogP contribution in [-0.4, -0.2) is 65.9 Å². The summed E-state index contributed by atoms with van der Waals surface area (Å²) in [5, 5.41) is 0. The highest BCUT2D eigenvalue weighted by Gasteiger charge is 2.76. The molecule has 0 N–H and O–H groups in total. The second kappa shape index (κ2) is 6.95. The Balaban J connectivity index is 1.97. The fourth-order valence-electron chi connectivity index (χ4n) is 5.21. The van der Waals surface area contributed by atoms with Crippen LogP contribution in [0.25, 0.3) is 0 Å². The second-order valence-electron chi connectivity index (χ2n) is 7.53. The molecule has 0 bridgehead atoms. The maximum absolute atomic E-state index is 13.3. The van der Waals surface area contributed by atoms with Gasteiger partial charge < -0.3 is 9.47 Å². The van der Waals surface area contributed by atoms with Gasteiger partial charge in [-0.05, 0) is 31.4 Å². The molecule has 3 heterocycles. The van der Waals surface area contributed by atoms with Crippen molar-refractivity contribution in [2.45, 2.75) is 31.8 Å². The van der Waals surface area contributed by atoms with Crippen LogP contribution in [0.4, 0.5) is 0 Å². The van der Waals surface area contributed by atoms with Gasteiger partial charge in [0.1, 0.15) is 0 Å². The first-order chi connectivity index (χ1) is 13.9. The Morgan fingerprint density at radius 2 is 1.69 bits per heavy atom. The van der Waals surface area contributed by atoms with Gasteiger partial charge in [-0.3, -0.25) is 19.4 Å². The zero-order valence-corrected chi connectivity index (χ0v) is 16.7. The molecule has 2 amide bonds. The smallest absolute Gasteiger partial charge is 0.339 e. The summed E-state index contributed by atoms with van der Waals surface area (Å²) in [5.41, 5.74) is -0.0571. The number of carbonyl (C=O) groups is 4. The van der Waals surface area contributed by atoms with Crippen molar-refractivity contribution in [1.82, 2.24) is 9.80 Å². The SMILES string of the molecule is CCOC(=O)C1(C(=O)OCC)[C@H]2C(=O)N(C)C(=O)[C@H]2C2c3ccccc3CCN21. The maximum Gasteiger partial charge on any atom is 0.339 e. The molecule has 2 fully saturated rings. The van der Waals surface area contributed by atoms with Crippen LogP contribution in [0.5, 0.6) is 0 Å². The van der Waals surface area contributed by atoms with Crippen molar-refractivity contribution in [2.75, 3.05) is 26.8 Å². The highest BCUT2D eigenvalue weighted by molar-refractivity contribution is 6.16. The van der Waals surface area contributed by atoms with E-state index in [-0.39, 0.29) is 19.1 Å². The molecule has 3 aliphatic rings. The zero-order valence-electron chi connectivity index (χ0n) is 16.7. The Labute approximate surface area is 168 Å². The predicted molar refractivity (Wildman–Crippen MR) is 100 cm³/mol. The molecule has 3 aliphatic heterocycles. The molecule has 154 valence electrons. The Morgan fingerprint density at radius 1 is 1.07 bits per heavy atom. The number of imide groups is 1. The summed E-state index contributed by atoms with van der Waals surface area (Å²) in [7, 11) is 1.39. The number of fused-ring (bicyclic) bond motifs is 5. The monoisotopic (exact) mass is 400 g/mol. The van der Waals surface area contributed by atoms with Crippen LogP contribution in [0.15, 0.2) is 24.3 Å². The fourth-order valence-corrected chi connectivity index (χ4v) is 5.21. The topological polar surface area (TPSA) is 93.2 Å². The molecule has 0 radical (unpaired) electrons. The number of carbonyl (C=O) groups excluding carboxylic acids is 4. The normalized spacial score (nSPS) is 27.3. The standard InChI is InChI=1S/C21H24N2O6/c1-4-28-19(26)21(20(27)29-5-2)15-14(17(24)22(3)18(15)25)16-13-9-7-6-8-12(13)10-11-23(16)21/h6-9,14-16H,4-5,10-11H2,1-3H3/t14-,15-,16?/m1/s1. The summed E-state index contributed by atoms with van der Waals surface area (Å²) >= 11 is 0. The number of likely N-dealkylation sites (tertiary alicyclic amines) is 1. The van der Waals surface area contributed by atoms with Crippen LogP contribution in [0.2, 0.25) is 0 Å². The van der Waals surface area contributed by atoms with E-state index >= 15 is 0 Å².